The Morgan fingerprint density at radius 3 is 2.58 bits per heavy atom. The molecule has 24 heavy (non-hydrogen) atoms. The average Bonchev–Trinajstić information content (AvgIpc) is 2.90. The summed E-state index contributed by atoms with van der Waals surface area (Å²) in [4.78, 5) is 14.5. The van der Waals surface area contributed by atoms with E-state index < -0.39 is 0 Å². The first-order valence-electron chi connectivity index (χ1n) is 8.41. The highest BCUT2D eigenvalue weighted by molar-refractivity contribution is 6.32. The van der Waals surface area contributed by atoms with Crippen molar-refractivity contribution in [2.24, 2.45) is 0 Å². The molecular weight excluding hydrogens is 347 g/mol. The number of fused-ring (bicyclic) bond motifs is 2. The van der Waals surface area contributed by atoms with Gasteiger partial charge in [0.05, 0.1) is 12.1 Å². The number of nitrogens with one attached hydrogen (secondary N) is 1. The zero-order valence-corrected chi connectivity index (χ0v) is 15.8. The van der Waals surface area contributed by atoms with Gasteiger partial charge in [0, 0.05) is 31.6 Å². The fraction of sp³-hybridized carbons (Fsp3) is 0.611. The lowest BCUT2D eigenvalue weighted by molar-refractivity contribution is -0.132. The van der Waals surface area contributed by atoms with E-state index in [0.717, 1.165) is 18.4 Å². The van der Waals surface area contributed by atoms with E-state index in [1.165, 1.54) is 12.8 Å². The third kappa shape index (κ3) is 4.35. The zero-order valence-electron chi connectivity index (χ0n) is 14.3. The summed E-state index contributed by atoms with van der Waals surface area (Å²) in [7, 11) is 3.56. The van der Waals surface area contributed by atoms with E-state index in [1.54, 1.807) is 7.11 Å². The highest BCUT2D eigenvalue weighted by atomic mass is 35.5. The summed E-state index contributed by atoms with van der Waals surface area (Å²) in [6.07, 6.45) is 5.93. The predicted octanol–water partition coefficient (Wildman–Crippen LogP) is 3.44. The van der Waals surface area contributed by atoms with Crippen molar-refractivity contribution in [3.8, 4) is 5.75 Å². The van der Waals surface area contributed by atoms with Gasteiger partial charge in [-0.05, 0) is 49.8 Å². The SMILES string of the molecule is COc1ccc(CCC(=O)N(C)C2CC3CCC(C2)N3)cc1Cl.Cl. The van der Waals surface area contributed by atoms with Crippen LogP contribution in [0.25, 0.3) is 0 Å². The molecule has 2 atom stereocenters. The summed E-state index contributed by atoms with van der Waals surface area (Å²) in [5.74, 6) is 0.896. The molecule has 6 heteroatoms. The Balaban J connectivity index is 0.00000208. The highest BCUT2D eigenvalue weighted by Crippen LogP contribution is 2.30. The molecule has 0 radical (unpaired) electrons. The first-order valence-corrected chi connectivity index (χ1v) is 8.78. The molecule has 0 aliphatic carbocycles. The lowest BCUT2D eigenvalue weighted by Crippen LogP contribution is -2.48. The number of piperidine rings is 1. The molecule has 4 nitrogen and oxygen atoms in total. The molecule has 2 saturated heterocycles. The van der Waals surface area contributed by atoms with E-state index in [2.05, 4.69) is 5.32 Å². The van der Waals surface area contributed by atoms with Crippen molar-refractivity contribution in [2.45, 2.75) is 56.7 Å². The zero-order chi connectivity index (χ0) is 16.4. The molecule has 0 saturated carbocycles. The molecule has 2 heterocycles. The number of benzene rings is 1. The van der Waals surface area contributed by atoms with Crippen molar-refractivity contribution < 1.29 is 9.53 Å². The Morgan fingerprint density at radius 2 is 2.00 bits per heavy atom. The Bertz CT molecular complexity index is 570. The fourth-order valence-corrected chi connectivity index (χ4v) is 4.12. The average molecular weight is 373 g/mol. The predicted molar refractivity (Wildman–Crippen MR) is 99.3 cm³/mol. The van der Waals surface area contributed by atoms with Crippen LogP contribution in [-0.2, 0) is 11.2 Å². The van der Waals surface area contributed by atoms with Crippen LogP contribution in [0.5, 0.6) is 5.75 Å². The minimum atomic E-state index is 0. The lowest BCUT2D eigenvalue weighted by atomic mass is 9.98. The number of aryl methyl sites for hydroxylation is 1. The normalized spacial score (nSPS) is 25.0. The molecule has 1 aromatic rings. The van der Waals surface area contributed by atoms with Gasteiger partial charge in [-0.1, -0.05) is 17.7 Å². The Labute approximate surface area is 155 Å². The first kappa shape index (κ1) is 19.4. The number of halogens is 2. The standard InChI is InChI=1S/C18H25ClN2O2.ClH/c1-21(15-10-13-5-6-14(11-15)20-13)18(22)8-4-12-3-7-17(23-2)16(19)9-12;/h3,7,9,13-15,20H,4-6,8,10-11H2,1-2H3;1H. The molecule has 2 bridgehead atoms. The summed E-state index contributed by atoms with van der Waals surface area (Å²) < 4.78 is 5.16. The molecule has 0 spiro atoms. The maximum absolute atomic E-state index is 12.5. The van der Waals surface area contributed by atoms with E-state index in [9.17, 15) is 4.79 Å². The van der Waals surface area contributed by atoms with Crippen molar-refractivity contribution >= 4 is 29.9 Å². The molecular formula is C18H26Cl2N2O2. The molecule has 2 fully saturated rings. The minimum Gasteiger partial charge on any atom is -0.495 e. The largest absolute Gasteiger partial charge is 0.495 e. The Morgan fingerprint density at radius 1 is 1.33 bits per heavy atom. The fourth-order valence-electron chi connectivity index (χ4n) is 3.84. The second-order valence-electron chi connectivity index (χ2n) is 6.74. The summed E-state index contributed by atoms with van der Waals surface area (Å²) in [5, 5.41) is 4.22. The van der Waals surface area contributed by atoms with E-state index in [1.807, 2.05) is 30.1 Å². The number of amides is 1. The van der Waals surface area contributed by atoms with Crippen molar-refractivity contribution in [1.29, 1.82) is 0 Å². The van der Waals surface area contributed by atoms with Gasteiger partial charge in [-0.25, -0.2) is 0 Å². The Hall–Kier alpha value is -0.970. The monoisotopic (exact) mass is 372 g/mol. The minimum absolute atomic E-state index is 0. The molecule has 2 aliphatic rings. The second-order valence-corrected chi connectivity index (χ2v) is 7.14. The summed E-state index contributed by atoms with van der Waals surface area (Å²) in [6, 6.07) is 7.32. The molecule has 2 unspecified atom stereocenters. The van der Waals surface area contributed by atoms with Crippen LogP contribution >= 0.6 is 24.0 Å². The summed E-state index contributed by atoms with van der Waals surface area (Å²) >= 11 is 6.14. The van der Waals surface area contributed by atoms with Gasteiger partial charge in [0.15, 0.2) is 0 Å². The number of hydrogen-bond donors (Lipinski definition) is 1. The van der Waals surface area contributed by atoms with Crippen molar-refractivity contribution in [3.05, 3.63) is 28.8 Å². The molecule has 3 rings (SSSR count). The highest BCUT2D eigenvalue weighted by Gasteiger charge is 2.36. The number of hydrogen-bond acceptors (Lipinski definition) is 3. The van der Waals surface area contributed by atoms with E-state index in [4.69, 9.17) is 16.3 Å². The Kier molecular flexibility index (Phi) is 6.79. The maximum Gasteiger partial charge on any atom is 0.222 e. The number of nitrogens with zero attached hydrogens (tertiary/aromatic N) is 1. The molecule has 1 amide bonds. The third-order valence-electron chi connectivity index (χ3n) is 5.23. The van der Waals surface area contributed by atoms with Gasteiger partial charge in [-0.2, -0.15) is 0 Å². The molecule has 134 valence electrons. The van der Waals surface area contributed by atoms with Gasteiger partial charge in [-0.15, -0.1) is 12.4 Å². The van der Waals surface area contributed by atoms with Crippen LogP contribution in [0.2, 0.25) is 5.02 Å². The second kappa shape index (κ2) is 8.41. The van der Waals surface area contributed by atoms with Crippen LogP contribution in [0.1, 0.15) is 37.7 Å². The molecule has 2 aliphatic heterocycles. The molecule has 0 aromatic heterocycles. The van der Waals surface area contributed by atoms with Crippen molar-refractivity contribution in [3.63, 3.8) is 0 Å². The van der Waals surface area contributed by atoms with Gasteiger partial charge in [0.25, 0.3) is 0 Å². The van der Waals surface area contributed by atoms with Gasteiger partial charge in [-0.3, -0.25) is 4.79 Å². The maximum atomic E-state index is 12.5. The van der Waals surface area contributed by atoms with E-state index in [0.29, 0.717) is 41.7 Å². The lowest BCUT2D eigenvalue weighted by Gasteiger charge is -2.35. The van der Waals surface area contributed by atoms with Gasteiger partial charge < -0.3 is 15.0 Å². The smallest absolute Gasteiger partial charge is 0.222 e. The van der Waals surface area contributed by atoms with Crippen molar-refractivity contribution in [1.82, 2.24) is 10.2 Å². The van der Waals surface area contributed by atoms with E-state index in [-0.39, 0.29) is 18.3 Å². The number of methoxy groups -OCH3 is 1. The van der Waals surface area contributed by atoms with Crippen LogP contribution in [0.3, 0.4) is 0 Å². The number of ether oxygens (including phenoxy) is 1. The van der Waals surface area contributed by atoms with Crippen LogP contribution < -0.4 is 10.1 Å². The summed E-state index contributed by atoms with van der Waals surface area (Å²) in [5.41, 5.74) is 1.07. The van der Waals surface area contributed by atoms with Crippen LogP contribution in [0.4, 0.5) is 0 Å². The van der Waals surface area contributed by atoms with Crippen molar-refractivity contribution in [2.75, 3.05) is 14.2 Å². The van der Waals surface area contributed by atoms with Gasteiger partial charge in [0.2, 0.25) is 5.91 Å². The third-order valence-corrected chi connectivity index (χ3v) is 5.53. The van der Waals surface area contributed by atoms with Crippen LogP contribution in [-0.4, -0.2) is 43.1 Å². The number of carbonyl (C=O) groups excluding carboxylic acids is 1. The topological polar surface area (TPSA) is 41.6 Å². The summed E-state index contributed by atoms with van der Waals surface area (Å²) in [6.45, 7) is 0. The number of rotatable bonds is 5. The van der Waals surface area contributed by atoms with Gasteiger partial charge in [0.1, 0.15) is 5.75 Å². The molecule has 1 N–H and O–H groups in total. The van der Waals surface area contributed by atoms with Crippen LogP contribution in [0.15, 0.2) is 18.2 Å². The molecule has 1 aromatic carbocycles. The number of carbonyl (C=O) groups is 1. The first-order chi connectivity index (χ1) is 11.1. The van der Waals surface area contributed by atoms with E-state index >= 15 is 0 Å². The van der Waals surface area contributed by atoms with Crippen LogP contribution in [0, 0.1) is 0 Å². The van der Waals surface area contributed by atoms with Gasteiger partial charge >= 0.3 is 0 Å². The quantitative estimate of drug-likeness (QED) is 0.860.